The molecular weight excluding hydrogens is 160 g/mol. The van der Waals surface area contributed by atoms with Crippen molar-refractivity contribution in [2.24, 2.45) is 0 Å². The number of benzene rings is 1. The molecule has 0 saturated carbocycles. The summed E-state index contributed by atoms with van der Waals surface area (Å²) in [5, 5.41) is 0. The van der Waals surface area contributed by atoms with Crippen molar-refractivity contribution in [3.05, 3.63) is 48.0 Å². The monoisotopic (exact) mass is 176 g/mol. The Morgan fingerprint density at radius 1 is 1.31 bits per heavy atom. The number of ether oxygens (including phenoxy) is 1. The molecule has 0 bridgehead atoms. The number of allylic oxidation sites excluding steroid dienone is 1. The van der Waals surface area contributed by atoms with Gasteiger partial charge in [-0.1, -0.05) is 42.5 Å². The summed E-state index contributed by atoms with van der Waals surface area (Å²) in [7, 11) is 0. The summed E-state index contributed by atoms with van der Waals surface area (Å²) in [4.78, 5) is 0. The number of hydrogen-bond acceptors (Lipinski definition) is 1. The van der Waals surface area contributed by atoms with Gasteiger partial charge in [0, 0.05) is 0 Å². The van der Waals surface area contributed by atoms with E-state index >= 15 is 0 Å². The van der Waals surface area contributed by atoms with Crippen LogP contribution in [0.15, 0.2) is 42.5 Å². The Labute approximate surface area is 80.0 Å². The molecule has 0 N–H and O–H groups in total. The minimum absolute atomic E-state index is 0.199. The number of hydrogen-bond donors (Lipinski definition) is 0. The van der Waals surface area contributed by atoms with E-state index in [-0.39, 0.29) is 6.10 Å². The van der Waals surface area contributed by atoms with E-state index < -0.39 is 0 Å². The van der Waals surface area contributed by atoms with Crippen LogP contribution in [0.1, 0.15) is 19.4 Å². The van der Waals surface area contributed by atoms with Gasteiger partial charge in [0.25, 0.3) is 0 Å². The topological polar surface area (TPSA) is 9.23 Å². The van der Waals surface area contributed by atoms with Crippen molar-refractivity contribution >= 4 is 0 Å². The van der Waals surface area contributed by atoms with Gasteiger partial charge in [0.05, 0.1) is 12.7 Å². The van der Waals surface area contributed by atoms with Gasteiger partial charge in [0.1, 0.15) is 0 Å². The molecule has 0 aliphatic carbocycles. The van der Waals surface area contributed by atoms with Crippen LogP contribution in [-0.2, 0) is 11.3 Å². The Kier molecular flexibility index (Phi) is 4.27. The van der Waals surface area contributed by atoms with E-state index in [0.717, 1.165) is 0 Å². The van der Waals surface area contributed by atoms with E-state index in [1.807, 2.05) is 44.2 Å². The molecule has 1 nitrogen and oxygen atoms in total. The van der Waals surface area contributed by atoms with Gasteiger partial charge < -0.3 is 4.74 Å². The second-order valence-electron chi connectivity index (χ2n) is 3.03. The highest BCUT2D eigenvalue weighted by Crippen LogP contribution is 2.03. The van der Waals surface area contributed by atoms with Crippen molar-refractivity contribution in [1.82, 2.24) is 0 Å². The van der Waals surface area contributed by atoms with Gasteiger partial charge in [-0.25, -0.2) is 0 Å². The van der Waals surface area contributed by atoms with Crippen LogP contribution in [0.3, 0.4) is 0 Å². The van der Waals surface area contributed by atoms with Crippen LogP contribution in [-0.4, -0.2) is 6.10 Å². The molecule has 0 heterocycles. The molecule has 1 heteroatoms. The Morgan fingerprint density at radius 3 is 2.62 bits per heavy atom. The Bertz CT molecular complexity index is 251. The summed E-state index contributed by atoms with van der Waals surface area (Å²) >= 11 is 0. The first kappa shape index (κ1) is 10.0. The van der Waals surface area contributed by atoms with Gasteiger partial charge in [0.15, 0.2) is 0 Å². The minimum atomic E-state index is 0.199. The summed E-state index contributed by atoms with van der Waals surface area (Å²) < 4.78 is 5.58. The molecule has 1 unspecified atom stereocenters. The van der Waals surface area contributed by atoms with Crippen molar-refractivity contribution in [2.75, 3.05) is 0 Å². The Morgan fingerprint density at radius 2 is 2.00 bits per heavy atom. The summed E-state index contributed by atoms with van der Waals surface area (Å²) in [6.45, 7) is 4.73. The molecule has 0 aliphatic heterocycles. The summed E-state index contributed by atoms with van der Waals surface area (Å²) in [5.41, 5.74) is 1.22. The third-order valence-electron chi connectivity index (χ3n) is 1.82. The lowest BCUT2D eigenvalue weighted by Gasteiger charge is -2.08. The number of rotatable bonds is 4. The van der Waals surface area contributed by atoms with Crippen LogP contribution >= 0.6 is 0 Å². The molecule has 70 valence electrons. The lowest BCUT2D eigenvalue weighted by Crippen LogP contribution is -2.03. The minimum Gasteiger partial charge on any atom is -0.370 e. The maximum absolute atomic E-state index is 5.58. The maximum Gasteiger partial charge on any atom is 0.0732 e. The zero-order chi connectivity index (χ0) is 9.52. The van der Waals surface area contributed by atoms with Crippen LogP contribution in [0, 0.1) is 0 Å². The highest BCUT2D eigenvalue weighted by atomic mass is 16.5. The maximum atomic E-state index is 5.58. The van der Waals surface area contributed by atoms with E-state index in [9.17, 15) is 0 Å². The predicted molar refractivity (Wildman–Crippen MR) is 55.5 cm³/mol. The van der Waals surface area contributed by atoms with Gasteiger partial charge in [-0.3, -0.25) is 0 Å². The second kappa shape index (κ2) is 5.55. The second-order valence-corrected chi connectivity index (χ2v) is 3.03. The molecule has 0 saturated heterocycles. The first-order valence-electron chi connectivity index (χ1n) is 4.61. The van der Waals surface area contributed by atoms with Gasteiger partial charge in [-0.05, 0) is 19.4 Å². The van der Waals surface area contributed by atoms with E-state index in [0.29, 0.717) is 6.61 Å². The molecule has 1 aromatic carbocycles. The quantitative estimate of drug-likeness (QED) is 0.640. The van der Waals surface area contributed by atoms with E-state index in [2.05, 4.69) is 12.1 Å². The predicted octanol–water partition coefficient (Wildman–Crippen LogP) is 3.17. The van der Waals surface area contributed by atoms with E-state index in [1.165, 1.54) is 5.56 Å². The smallest absolute Gasteiger partial charge is 0.0732 e. The van der Waals surface area contributed by atoms with Crippen LogP contribution in [0.5, 0.6) is 0 Å². The zero-order valence-electron chi connectivity index (χ0n) is 8.23. The lowest BCUT2D eigenvalue weighted by atomic mass is 10.2. The molecule has 1 atom stereocenters. The highest BCUT2D eigenvalue weighted by Gasteiger charge is 1.96. The zero-order valence-corrected chi connectivity index (χ0v) is 8.23. The van der Waals surface area contributed by atoms with Crippen LogP contribution in [0.4, 0.5) is 0 Å². The third-order valence-corrected chi connectivity index (χ3v) is 1.82. The average Bonchev–Trinajstić information content (AvgIpc) is 2.17. The van der Waals surface area contributed by atoms with Crippen molar-refractivity contribution in [1.29, 1.82) is 0 Å². The molecule has 0 radical (unpaired) electrons. The molecule has 13 heavy (non-hydrogen) atoms. The average molecular weight is 176 g/mol. The fourth-order valence-corrected chi connectivity index (χ4v) is 1.13. The molecule has 1 rings (SSSR count). The Balaban J connectivity index is 2.35. The Hall–Kier alpha value is -1.08. The summed E-state index contributed by atoms with van der Waals surface area (Å²) in [6, 6.07) is 10.2. The van der Waals surface area contributed by atoms with E-state index in [1.54, 1.807) is 0 Å². The van der Waals surface area contributed by atoms with Crippen molar-refractivity contribution in [2.45, 2.75) is 26.6 Å². The fourth-order valence-electron chi connectivity index (χ4n) is 1.13. The van der Waals surface area contributed by atoms with Gasteiger partial charge in [-0.2, -0.15) is 0 Å². The highest BCUT2D eigenvalue weighted by molar-refractivity contribution is 5.13. The summed E-state index contributed by atoms with van der Waals surface area (Å²) in [5.74, 6) is 0. The normalized spacial score (nSPS) is 13.4. The first-order valence-corrected chi connectivity index (χ1v) is 4.61. The third kappa shape index (κ3) is 3.90. The standard InChI is InChI=1S/C12H16O/c1-3-7-11(2)13-10-12-8-5-4-6-9-12/h3-9,11H,10H2,1-2H3/b7-3+. The largest absolute Gasteiger partial charge is 0.370 e. The van der Waals surface area contributed by atoms with Crippen LogP contribution in [0.25, 0.3) is 0 Å². The van der Waals surface area contributed by atoms with Crippen LogP contribution in [0.2, 0.25) is 0 Å². The molecular formula is C12H16O. The van der Waals surface area contributed by atoms with Crippen molar-refractivity contribution in [3.8, 4) is 0 Å². The van der Waals surface area contributed by atoms with Crippen molar-refractivity contribution < 1.29 is 4.74 Å². The molecule has 0 aliphatic rings. The fraction of sp³-hybridized carbons (Fsp3) is 0.333. The molecule has 0 spiro atoms. The van der Waals surface area contributed by atoms with Gasteiger partial charge >= 0.3 is 0 Å². The van der Waals surface area contributed by atoms with E-state index in [4.69, 9.17) is 4.74 Å². The lowest BCUT2D eigenvalue weighted by molar-refractivity contribution is 0.0840. The van der Waals surface area contributed by atoms with Crippen LogP contribution < -0.4 is 0 Å². The molecule has 0 amide bonds. The first-order chi connectivity index (χ1) is 6.33. The SMILES string of the molecule is C/C=C/C(C)OCc1ccccc1. The molecule has 0 fully saturated rings. The van der Waals surface area contributed by atoms with Crippen molar-refractivity contribution in [3.63, 3.8) is 0 Å². The van der Waals surface area contributed by atoms with Gasteiger partial charge in [0.2, 0.25) is 0 Å². The molecule has 1 aromatic rings. The molecule has 0 aromatic heterocycles. The summed E-state index contributed by atoms with van der Waals surface area (Å²) in [6.07, 6.45) is 4.25. The van der Waals surface area contributed by atoms with Gasteiger partial charge in [-0.15, -0.1) is 0 Å².